The van der Waals surface area contributed by atoms with Gasteiger partial charge in [0.05, 0.1) is 6.61 Å². The fourth-order valence-electron chi connectivity index (χ4n) is 5.67. The zero-order valence-electron chi connectivity index (χ0n) is 34.6. The lowest BCUT2D eigenvalue weighted by atomic mass is 9.85. The van der Waals surface area contributed by atoms with Gasteiger partial charge in [0, 0.05) is 12.3 Å². The zero-order chi connectivity index (χ0) is 48.2. The molecule has 4 unspecified atom stereocenters. The van der Waals surface area contributed by atoms with E-state index in [0.717, 1.165) is 32.1 Å². The topological polar surface area (TPSA) is 349 Å². The van der Waals surface area contributed by atoms with E-state index >= 15 is 0 Å². The van der Waals surface area contributed by atoms with Crippen molar-refractivity contribution in [3.05, 3.63) is 0 Å². The van der Waals surface area contributed by atoms with Crippen LogP contribution in [0, 0.1) is 71.5 Å². The Hall–Kier alpha value is -3.34. The fraction of sp³-hybridized carbons (Fsp3) is 0.632. The summed E-state index contributed by atoms with van der Waals surface area (Å²) < 4.78 is 81.0. The Morgan fingerprint density at radius 3 is 1.39 bits per heavy atom. The van der Waals surface area contributed by atoms with Gasteiger partial charge in [-0.05, 0) is 65.6 Å². The van der Waals surface area contributed by atoms with Gasteiger partial charge in [-0.15, -0.1) is 6.42 Å². The first kappa shape index (κ1) is 58.7. The summed E-state index contributed by atoms with van der Waals surface area (Å²) in [5.74, 6) is 22.5. The summed E-state index contributed by atoms with van der Waals surface area (Å²) in [7, 11) is -23.2. The van der Waals surface area contributed by atoms with E-state index in [-0.39, 0.29) is 6.42 Å². The number of phosphoric acid groups is 4. The average molecular weight is 985 g/mol. The van der Waals surface area contributed by atoms with Crippen molar-refractivity contribution >= 4 is 43.2 Å². The van der Waals surface area contributed by atoms with Crippen LogP contribution in [0.1, 0.15) is 96.8 Å². The maximum Gasteiger partial charge on any atom is 0.472 e. The van der Waals surface area contributed by atoms with E-state index in [4.69, 9.17) is 24.9 Å². The van der Waals surface area contributed by atoms with Crippen LogP contribution in [0.25, 0.3) is 0 Å². The largest absolute Gasteiger partial charge is 0.472 e. The van der Waals surface area contributed by atoms with Crippen LogP contribution in [0.3, 0.4) is 0 Å². The van der Waals surface area contributed by atoms with Gasteiger partial charge in [0.1, 0.15) is 43.2 Å². The molecule has 0 spiro atoms. The second-order valence-electron chi connectivity index (χ2n) is 13.6. The summed E-state index contributed by atoms with van der Waals surface area (Å²) in [5.41, 5.74) is 0. The van der Waals surface area contributed by atoms with Gasteiger partial charge in [-0.2, -0.15) is 0 Å². The summed E-state index contributed by atoms with van der Waals surface area (Å²) in [6, 6.07) is 0. The Kier molecular flexibility index (Phi) is 28.2. The number of rotatable bonds is 28. The molecule has 0 amide bonds. The SMILES string of the molecule is C#CC#CC#CC#CC#CC#CC(=O)OC[C@H](COP(=O)(O)OC1C(O)[C@H](OP(=O)(O)O)[C@H](OP(=O)(O)O)C(OP(=O)(O)O)[C@@H]1O)OC(=O)CCCCCCCCCCCCCCC. The van der Waals surface area contributed by atoms with Gasteiger partial charge in [-0.1, -0.05) is 84.0 Å². The average Bonchev–Trinajstić information content (AvgIpc) is 3.18. The minimum absolute atomic E-state index is 0.132. The van der Waals surface area contributed by atoms with Crippen molar-refractivity contribution in [2.45, 2.75) is 140 Å². The number of unbranched alkanes of at least 4 members (excludes halogenated alkanes) is 12. The maximum absolute atomic E-state index is 13.1. The second kappa shape index (κ2) is 30.8. The molecule has 0 saturated heterocycles. The monoisotopic (exact) mass is 984 g/mol. The maximum atomic E-state index is 13.1. The quantitative estimate of drug-likeness (QED) is 0.0178. The Morgan fingerprint density at radius 2 is 0.953 bits per heavy atom. The van der Waals surface area contributed by atoms with E-state index < -0.39 is 99.2 Å². The highest BCUT2D eigenvalue weighted by Gasteiger charge is 2.59. The number of carbonyl (C=O) groups excluding carboxylic acids is 2. The van der Waals surface area contributed by atoms with Crippen LogP contribution in [0.15, 0.2) is 0 Å². The van der Waals surface area contributed by atoms with Gasteiger partial charge in [0.25, 0.3) is 0 Å². The predicted molar refractivity (Wildman–Crippen MR) is 222 cm³/mol. The number of hydrogen-bond acceptors (Lipinski definition) is 15. The van der Waals surface area contributed by atoms with Crippen LogP contribution < -0.4 is 0 Å². The van der Waals surface area contributed by atoms with E-state index in [1.54, 1.807) is 0 Å². The van der Waals surface area contributed by atoms with Gasteiger partial charge in [-0.3, -0.25) is 27.4 Å². The number of esters is 2. The van der Waals surface area contributed by atoms with Gasteiger partial charge in [0.15, 0.2) is 6.10 Å². The van der Waals surface area contributed by atoms with Gasteiger partial charge in [-0.25, -0.2) is 23.1 Å². The summed E-state index contributed by atoms with van der Waals surface area (Å²) in [5, 5.41) is 21.7. The molecule has 9 N–H and O–H groups in total. The van der Waals surface area contributed by atoms with Crippen LogP contribution >= 0.6 is 31.3 Å². The molecular formula is C38H52O22P4. The van der Waals surface area contributed by atoms with Crippen molar-refractivity contribution in [3.63, 3.8) is 0 Å². The Balaban J connectivity index is 3.11. The highest BCUT2D eigenvalue weighted by molar-refractivity contribution is 7.47. The molecule has 0 radical (unpaired) electrons. The normalized spacial score (nSPS) is 20.8. The van der Waals surface area contributed by atoms with Crippen LogP contribution in [0.2, 0.25) is 0 Å². The van der Waals surface area contributed by atoms with Crippen LogP contribution in [0.5, 0.6) is 0 Å². The minimum atomic E-state index is -5.82. The minimum Gasteiger partial charge on any atom is -0.456 e. The third kappa shape index (κ3) is 28.5. The molecule has 0 aromatic rings. The standard InChI is InChI=1S/C38H52O22P4/c1-3-5-7-9-11-13-15-16-17-19-21-23-25-27-32(40)56-30(28-54-31(39)26-24-22-20-18-14-12-10-8-6-4-2)29-55-64(52,53)60-35-33(41)36(57-61(43,44)45)38(59-63(49,50)51)37(34(35)42)58-62(46,47)48/h2,30,33-38,41-42H,3,5,7,9,11,13,15-17,19,21,23,25,27-29H2,1H3,(H,52,53)(H2,43,44,45)(H2,46,47,48)(H2,49,50,51)/t30-,33-,34?,35?,36?,37+,38-/m1/s1. The molecule has 1 aliphatic carbocycles. The molecule has 1 aliphatic rings. The van der Waals surface area contributed by atoms with Gasteiger partial charge < -0.3 is 53.9 Å². The van der Waals surface area contributed by atoms with Crippen molar-refractivity contribution in [1.82, 2.24) is 0 Å². The zero-order valence-corrected chi connectivity index (χ0v) is 38.1. The molecule has 64 heavy (non-hydrogen) atoms. The van der Waals surface area contributed by atoms with E-state index in [0.29, 0.717) is 12.8 Å². The molecular weight excluding hydrogens is 932 g/mol. The number of aliphatic hydroxyl groups excluding tert-OH is 2. The summed E-state index contributed by atoms with van der Waals surface area (Å²) in [4.78, 5) is 91.8. The fourth-order valence-corrected chi connectivity index (χ4v) is 8.32. The van der Waals surface area contributed by atoms with Crippen molar-refractivity contribution < 1.29 is 104 Å². The molecule has 0 heterocycles. The van der Waals surface area contributed by atoms with E-state index in [1.807, 2.05) is 5.92 Å². The van der Waals surface area contributed by atoms with E-state index in [9.17, 15) is 72.3 Å². The van der Waals surface area contributed by atoms with Crippen molar-refractivity contribution in [1.29, 1.82) is 0 Å². The van der Waals surface area contributed by atoms with Crippen molar-refractivity contribution in [2.24, 2.45) is 0 Å². The molecule has 0 bridgehead atoms. The van der Waals surface area contributed by atoms with Gasteiger partial charge >= 0.3 is 43.2 Å². The molecule has 0 aliphatic heterocycles. The molecule has 1 fully saturated rings. The van der Waals surface area contributed by atoms with Crippen LogP contribution in [-0.4, -0.2) is 112 Å². The Labute approximate surface area is 371 Å². The molecule has 8 atom stereocenters. The number of carbonyl (C=O) groups is 2. The molecule has 1 saturated carbocycles. The highest BCUT2D eigenvalue weighted by atomic mass is 31.2. The lowest BCUT2D eigenvalue weighted by Gasteiger charge is -2.45. The van der Waals surface area contributed by atoms with E-state index in [1.165, 1.54) is 38.5 Å². The lowest BCUT2D eigenvalue weighted by Crippen LogP contribution is -2.65. The van der Waals surface area contributed by atoms with Crippen LogP contribution in [0.4, 0.5) is 0 Å². The molecule has 1 rings (SSSR count). The third-order valence-electron chi connectivity index (χ3n) is 8.37. The number of ether oxygens (including phenoxy) is 2. The summed E-state index contributed by atoms with van der Waals surface area (Å²) >= 11 is 0. The summed E-state index contributed by atoms with van der Waals surface area (Å²) in [6.07, 6.45) is -0.0635. The number of aliphatic hydroxyl groups is 2. The number of hydrogen-bond donors (Lipinski definition) is 9. The molecule has 0 aromatic carbocycles. The lowest BCUT2D eigenvalue weighted by molar-refractivity contribution is -0.209. The molecule has 22 nitrogen and oxygen atoms in total. The number of phosphoric ester groups is 4. The van der Waals surface area contributed by atoms with Crippen LogP contribution in [-0.2, 0) is 59.9 Å². The van der Waals surface area contributed by atoms with Gasteiger partial charge in [0.2, 0.25) is 0 Å². The molecule has 0 aromatic heterocycles. The van der Waals surface area contributed by atoms with E-state index in [2.05, 4.69) is 79.7 Å². The first-order valence-electron chi connectivity index (χ1n) is 19.5. The Bertz CT molecular complexity index is 2030. The molecule has 356 valence electrons. The first-order chi connectivity index (χ1) is 30.0. The molecule has 26 heteroatoms. The first-order valence-corrected chi connectivity index (χ1v) is 25.6. The predicted octanol–water partition coefficient (Wildman–Crippen LogP) is 2.24. The summed E-state index contributed by atoms with van der Waals surface area (Å²) in [6.45, 7) is 0.186. The third-order valence-corrected chi connectivity index (χ3v) is 10.9. The highest BCUT2D eigenvalue weighted by Crippen LogP contribution is 2.53. The van der Waals surface area contributed by atoms with Crippen molar-refractivity contribution in [3.8, 4) is 71.5 Å². The second-order valence-corrected chi connectivity index (χ2v) is 18.6. The Morgan fingerprint density at radius 1 is 0.547 bits per heavy atom. The smallest absolute Gasteiger partial charge is 0.456 e. The van der Waals surface area contributed by atoms with Crippen molar-refractivity contribution in [2.75, 3.05) is 13.2 Å². The number of terminal acetylenes is 1.